The molecule has 0 aromatic heterocycles. The number of hydrogen-bond acceptors (Lipinski definition) is 9. The number of aryl methyl sites for hydroxylation is 1. The van der Waals surface area contributed by atoms with E-state index in [9.17, 15) is 25.5 Å². The molecule has 6 N–H and O–H groups in total. The molecular formula is C26H34O9. The Kier molecular flexibility index (Phi) is 7.73. The lowest BCUT2D eigenvalue weighted by atomic mass is 9.82. The minimum atomic E-state index is -1.31. The molecule has 1 saturated carbocycles. The van der Waals surface area contributed by atoms with Crippen molar-refractivity contribution in [2.24, 2.45) is 5.92 Å². The number of phenolic OH excluding ortho intramolecular Hbond substituents is 1. The van der Waals surface area contributed by atoms with Gasteiger partial charge in [-0.3, -0.25) is 0 Å². The molecule has 1 fully saturated rings. The third kappa shape index (κ3) is 4.92. The number of aromatic hydroxyl groups is 1. The topological polar surface area (TPSA) is 149 Å². The van der Waals surface area contributed by atoms with Gasteiger partial charge in [0.05, 0.1) is 25.7 Å². The second kappa shape index (κ2) is 10.6. The van der Waals surface area contributed by atoms with Gasteiger partial charge in [0, 0.05) is 12.2 Å². The van der Waals surface area contributed by atoms with Crippen LogP contribution in [0.15, 0.2) is 30.3 Å². The predicted molar refractivity (Wildman–Crippen MR) is 126 cm³/mol. The van der Waals surface area contributed by atoms with E-state index in [2.05, 4.69) is 0 Å². The Bertz CT molecular complexity index is 1030. The molecule has 0 spiro atoms. The fourth-order valence-electron chi connectivity index (χ4n) is 5.04. The summed E-state index contributed by atoms with van der Waals surface area (Å²) in [7, 11) is 1.48. The Hall–Kier alpha value is -2.56. The molecule has 4 rings (SSSR count). The van der Waals surface area contributed by atoms with Gasteiger partial charge in [-0.25, -0.2) is 0 Å². The van der Waals surface area contributed by atoms with E-state index in [1.54, 1.807) is 31.2 Å². The highest BCUT2D eigenvalue weighted by Crippen LogP contribution is 2.51. The summed E-state index contributed by atoms with van der Waals surface area (Å²) in [6, 6.07) is 8.68. The van der Waals surface area contributed by atoms with Crippen molar-refractivity contribution >= 4 is 0 Å². The first-order valence-corrected chi connectivity index (χ1v) is 11.9. The van der Waals surface area contributed by atoms with Crippen molar-refractivity contribution in [2.75, 3.05) is 20.3 Å². The summed E-state index contributed by atoms with van der Waals surface area (Å²) in [6.07, 6.45) is -3.36. The number of phenols is 1. The number of aliphatic hydroxyl groups excluding tert-OH is 5. The number of ether oxygens (including phenoxy) is 3. The Morgan fingerprint density at radius 3 is 2.46 bits per heavy atom. The van der Waals surface area contributed by atoms with E-state index in [4.69, 9.17) is 19.3 Å². The Labute approximate surface area is 204 Å². The van der Waals surface area contributed by atoms with E-state index in [0.29, 0.717) is 47.6 Å². The Morgan fingerprint density at radius 1 is 1.00 bits per heavy atom. The fraction of sp³-hybridized carbons (Fsp3) is 0.538. The third-order valence-corrected chi connectivity index (χ3v) is 7.05. The van der Waals surface area contributed by atoms with Crippen LogP contribution in [-0.4, -0.2) is 75.4 Å². The van der Waals surface area contributed by atoms with Crippen molar-refractivity contribution in [2.45, 2.75) is 62.6 Å². The van der Waals surface area contributed by atoms with Gasteiger partial charge in [-0.15, -0.1) is 0 Å². The zero-order chi connectivity index (χ0) is 25.3. The normalized spacial score (nSPS) is 30.0. The molecule has 0 saturated heterocycles. The molecule has 9 heteroatoms. The minimum Gasteiger partial charge on any atom is -0.504 e. The van der Waals surface area contributed by atoms with Crippen LogP contribution < -0.4 is 14.2 Å². The summed E-state index contributed by atoms with van der Waals surface area (Å²) in [4.78, 5) is 0. The second-order valence-corrected chi connectivity index (χ2v) is 9.44. The highest BCUT2D eigenvalue weighted by atomic mass is 16.5. The lowest BCUT2D eigenvalue weighted by Gasteiger charge is -2.39. The first kappa shape index (κ1) is 25.5. The second-order valence-electron chi connectivity index (χ2n) is 9.44. The summed E-state index contributed by atoms with van der Waals surface area (Å²) in [6.45, 7) is 1.63. The quantitative estimate of drug-likeness (QED) is 0.323. The highest BCUT2D eigenvalue weighted by Gasteiger charge is 2.42. The highest BCUT2D eigenvalue weighted by molar-refractivity contribution is 5.55. The summed E-state index contributed by atoms with van der Waals surface area (Å²) >= 11 is 0. The van der Waals surface area contributed by atoms with Crippen LogP contribution in [0.4, 0.5) is 0 Å². The average molecular weight is 491 g/mol. The van der Waals surface area contributed by atoms with Crippen molar-refractivity contribution in [3.8, 4) is 23.0 Å². The lowest BCUT2D eigenvalue weighted by Crippen LogP contribution is -2.54. The molecule has 35 heavy (non-hydrogen) atoms. The molecule has 1 aliphatic heterocycles. The van der Waals surface area contributed by atoms with Crippen molar-refractivity contribution in [3.63, 3.8) is 0 Å². The maximum Gasteiger partial charge on any atom is 0.165 e. The molecule has 192 valence electrons. The van der Waals surface area contributed by atoms with Crippen LogP contribution >= 0.6 is 0 Å². The van der Waals surface area contributed by atoms with E-state index in [1.807, 2.05) is 6.07 Å². The molecule has 2 aliphatic rings. The van der Waals surface area contributed by atoms with Crippen molar-refractivity contribution in [3.05, 3.63) is 47.0 Å². The van der Waals surface area contributed by atoms with Gasteiger partial charge in [0.1, 0.15) is 24.4 Å². The van der Waals surface area contributed by atoms with Gasteiger partial charge in [-0.05, 0) is 54.5 Å². The number of methoxy groups -OCH3 is 1. The van der Waals surface area contributed by atoms with Crippen LogP contribution in [0.3, 0.4) is 0 Å². The molecule has 1 aliphatic carbocycles. The maximum absolute atomic E-state index is 10.5. The van der Waals surface area contributed by atoms with Crippen molar-refractivity contribution in [1.82, 2.24) is 0 Å². The van der Waals surface area contributed by atoms with Gasteiger partial charge >= 0.3 is 0 Å². The van der Waals surface area contributed by atoms with Crippen LogP contribution in [0, 0.1) is 5.92 Å². The SMILES string of the molecule is COc1cc(C2Oc3c(O)cc(CCCO)cc3C2CO)ccc1OC1CC(C)C(O)C(O)C1O. The van der Waals surface area contributed by atoms with Gasteiger partial charge in [0.25, 0.3) is 0 Å². The van der Waals surface area contributed by atoms with E-state index < -0.39 is 36.4 Å². The smallest absolute Gasteiger partial charge is 0.165 e. The van der Waals surface area contributed by atoms with E-state index in [1.165, 1.54) is 7.11 Å². The molecule has 2 aromatic rings. The lowest BCUT2D eigenvalue weighted by molar-refractivity contribution is -0.147. The number of hydrogen-bond donors (Lipinski definition) is 6. The maximum atomic E-state index is 10.5. The van der Waals surface area contributed by atoms with Gasteiger partial charge in [0.2, 0.25) is 0 Å². The van der Waals surface area contributed by atoms with Gasteiger partial charge in [-0.1, -0.05) is 19.1 Å². The van der Waals surface area contributed by atoms with E-state index in [-0.39, 0.29) is 24.9 Å². The van der Waals surface area contributed by atoms with Crippen molar-refractivity contribution in [1.29, 1.82) is 0 Å². The average Bonchev–Trinajstić information content (AvgIpc) is 3.24. The number of aliphatic hydroxyl groups is 5. The molecule has 0 amide bonds. The molecule has 0 radical (unpaired) electrons. The van der Waals surface area contributed by atoms with E-state index in [0.717, 1.165) is 5.56 Å². The third-order valence-electron chi connectivity index (χ3n) is 7.05. The fourth-order valence-corrected chi connectivity index (χ4v) is 5.04. The molecule has 9 nitrogen and oxygen atoms in total. The molecule has 0 bridgehead atoms. The molecule has 1 heterocycles. The molecule has 7 unspecified atom stereocenters. The first-order chi connectivity index (χ1) is 16.8. The molecule has 7 atom stereocenters. The number of benzene rings is 2. The Balaban J connectivity index is 1.58. The molecular weight excluding hydrogens is 456 g/mol. The summed E-state index contributed by atoms with van der Waals surface area (Å²) in [5.74, 6) is 0.388. The monoisotopic (exact) mass is 490 g/mol. The zero-order valence-corrected chi connectivity index (χ0v) is 19.9. The first-order valence-electron chi connectivity index (χ1n) is 11.9. The van der Waals surface area contributed by atoms with Crippen LogP contribution in [0.5, 0.6) is 23.0 Å². The minimum absolute atomic E-state index is 0.00976. The van der Waals surface area contributed by atoms with Crippen LogP contribution in [0.2, 0.25) is 0 Å². The Morgan fingerprint density at radius 2 is 1.77 bits per heavy atom. The van der Waals surface area contributed by atoms with Crippen LogP contribution in [0.25, 0.3) is 0 Å². The van der Waals surface area contributed by atoms with Gasteiger partial charge in [0.15, 0.2) is 23.0 Å². The molecule has 2 aromatic carbocycles. The summed E-state index contributed by atoms with van der Waals surface area (Å²) in [5, 5.41) is 60.3. The standard InChI is InChI=1S/C26H34O9/c1-13-8-21(23(31)24(32)22(13)30)34-19-6-5-15(11-20(19)33-2)25-17(12-28)16-9-14(4-3-7-27)10-18(29)26(16)35-25/h5-6,9-11,13,17,21-25,27-32H,3-4,7-8,12H2,1-2H3. The summed E-state index contributed by atoms with van der Waals surface area (Å²) < 4.78 is 17.6. The van der Waals surface area contributed by atoms with Gasteiger partial charge < -0.3 is 44.8 Å². The van der Waals surface area contributed by atoms with E-state index >= 15 is 0 Å². The number of rotatable bonds is 8. The zero-order valence-electron chi connectivity index (χ0n) is 19.9. The largest absolute Gasteiger partial charge is 0.504 e. The van der Waals surface area contributed by atoms with Crippen LogP contribution in [0.1, 0.15) is 48.5 Å². The van der Waals surface area contributed by atoms with Crippen LogP contribution in [-0.2, 0) is 6.42 Å². The predicted octanol–water partition coefficient (Wildman–Crippen LogP) is 1.41. The number of fused-ring (bicyclic) bond motifs is 1. The summed E-state index contributed by atoms with van der Waals surface area (Å²) in [5.41, 5.74) is 2.26. The van der Waals surface area contributed by atoms with Gasteiger partial charge in [-0.2, -0.15) is 0 Å². The van der Waals surface area contributed by atoms with Crippen molar-refractivity contribution < 1.29 is 44.8 Å².